The summed E-state index contributed by atoms with van der Waals surface area (Å²) in [5.41, 5.74) is 2.41. The Balaban J connectivity index is 1.58. The molecule has 2 saturated heterocycles. The molecule has 2 fully saturated rings. The van der Waals surface area contributed by atoms with Gasteiger partial charge < -0.3 is 10.6 Å². The molecular formula is C21H20ClN3O2S. The number of aryl methyl sites for hydroxylation is 1. The van der Waals surface area contributed by atoms with Crippen molar-refractivity contribution in [1.82, 2.24) is 4.90 Å². The third kappa shape index (κ3) is 2.44. The smallest absolute Gasteiger partial charge is 0.250 e. The van der Waals surface area contributed by atoms with Gasteiger partial charge >= 0.3 is 0 Å². The lowest BCUT2D eigenvalue weighted by Crippen LogP contribution is -2.53. The Labute approximate surface area is 172 Å². The average molecular weight is 414 g/mol. The van der Waals surface area contributed by atoms with Crippen molar-refractivity contribution in [3.8, 4) is 0 Å². The Morgan fingerprint density at radius 2 is 2.14 bits per heavy atom. The van der Waals surface area contributed by atoms with Crippen LogP contribution in [0.5, 0.6) is 0 Å². The first-order chi connectivity index (χ1) is 13.5. The van der Waals surface area contributed by atoms with Crippen molar-refractivity contribution < 1.29 is 9.59 Å². The van der Waals surface area contributed by atoms with Gasteiger partial charge in [0, 0.05) is 39.6 Å². The molecule has 7 heteroatoms. The van der Waals surface area contributed by atoms with Gasteiger partial charge in [0.05, 0.1) is 5.92 Å². The van der Waals surface area contributed by atoms with E-state index in [1.165, 1.54) is 0 Å². The second kappa shape index (κ2) is 6.51. The second-order valence-electron chi connectivity index (χ2n) is 7.63. The minimum Gasteiger partial charge on any atom is -0.325 e. The number of rotatable bonds is 2. The van der Waals surface area contributed by atoms with E-state index in [0.717, 1.165) is 28.4 Å². The third-order valence-electron chi connectivity index (χ3n) is 6.15. The van der Waals surface area contributed by atoms with E-state index >= 15 is 0 Å². The molecule has 144 valence electrons. The number of hydrogen-bond acceptors (Lipinski definition) is 4. The van der Waals surface area contributed by atoms with Crippen LogP contribution in [-0.2, 0) is 15.1 Å². The van der Waals surface area contributed by atoms with E-state index in [0.29, 0.717) is 17.1 Å². The fourth-order valence-corrected chi connectivity index (χ4v) is 6.33. The van der Waals surface area contributed by atoms with Crippen molar-refractivity contribution in [3.05, 3.63) is 58.6 Å². The van der Waals surface area contributed by atoms with Crippen molar-refractivity contribution in [2.45, 2.75) is 24.9 Å². The van der Waals surface area contributed by atoms with Gasteiger partial charge in [0.1, 0.15) is 5.54 Å². The number of fused-ring (bicyclic) bond motifs is 4. The number of halogens is 1. The Morgan fingerprint density at radius 3 is 3.00 bits per heavy atom. The largest absolute Gasteiger partial charge is 0.325 e. The van der Waals surface area contributed by atoms with E-state index in [1.54, 1.807) is 12.1 Å². The van der Waals surface area contributed by atoms with Gasteiger partial charge in [-0.1, -0.05) is 35.9 Å². The Morgan fingerprint density at radius 1 is 1.32 bits per heavy atom. The normalized spacial score (nSPS) is 28.3. The molecule has 2 N–H and O–H groups in total. The number of thioether (sulfide) groups is 1. The van der Waals surface area contributed by atoms with Crippen molar-refractivity contribution in [3.63, 3.8) is 0 Å². The molecule has 1 spiro atoms. The highest BCUT2D eigenvalue weighted by atomic mass is 35.5. The molecule has 5 rings (SSSR count). The molecule has 3 heterocycles. The lowest BCUT2D eigenvalue weighted by molar-refractivity contribution is -0.134. The summed E-state index contributed by atoms with van der Waals surface area (Å²) in [5.74, 6) is 1.02. The molecular weight excluding hydrogens is 394 g/mol. The van der Waals surface area contributed by atoms with Gasteiger partial charge in [-0.2, -0.15) is 0 Å². The molecule has 0 unspecified atom stereocenters. The molecule has 0 radical (unpaired) electrons. The SMILES string of the molecule is Cc1ccc(Cl)cc1NC(=O)[C@@H]1C[C@@H]2CSCN2[C@]12C(=O)Nc1ccccc12. The van der Waals surface area contributed by atoms with Gasteiger partial charge in [-0.3, -0.25) is 14.5 Å². The minimum absolute atomic E-state index is 0.0957. The molecule has 5 nitrogen and oxygen atoms in total. The molecule has 0 aliphatic carbocycles. The second-order valence-corrected chi connectivity index (χ2v) is 9.06. The number of benzene rings is 2. The van der Waals surface area contributed by atoms with Gasteiger partial charge in [0.15, 0.2) is 0 Å². The predicted molar refractivity (Wildman–Crippen MR) is 113 cm³/mol. The molecule has 0 saturated carbocycles. The van der Waals surface area contributed by atoms with E-state index in [2.05, 4.69) is 15.5 Å². The maximum Gasteiger partial charge on any atom is 0.250 e. The molecule has 3 aliphatic heterocycles. The number of carbonyl (C=O) groups is 2. The van der Waals surface area contributed by atoms with E-state index in [4.69, 9.17) is 11.6 Å². The number of carbonyl (C=O) groups excluding carboxylic acids is 2. The Hall–Kier alpha value is -2.02. The fraction of sp³-hybridized carbons (Fsp3) is 0.333. The zero-order valence-corrected chi connectivity index (χ0v) is 16.9. The standard InChI is InChI=1S/C21H20ClN3O2S/c1-12-6-7-13(22)8-18(12)23-19(26)16-9-14-10-28-11-25(14)21(16)15-4-2-3-5-17(15)24-20(21)27/h2-8,14,16H,9-11H2,1H3,(H,23,26)(H,24,27)/t14-,16+,21+/m1/s1. The number of nitrogens with one attached hydrogen (secondary N) is 2. The number of hydrogen-bond donors (Lipinski definition) is 2. The molecule has 0 bridgehead atoms. The lowest BCUT2D eigenvalue weighted by atomic mass is 9.79. The summed E-state index contributed by atoms with van der Waals surface area (Å²) < 4.78 is 0. The number of amides is 2. The first-order valence-electron chi connectivity index (χ1n) is 9.34. The van der Waals surface area contributed by atoms with Crippen molar-refractivity contribution in [2.24, 2.45) is 5.92 Å². The number of para-hydroxylation sites is 1. The first kappa shape index (κ1) is 18.0. The summed E-state index contributed by atoms with van der Waals surface area (Å²) in [4.78, 5) is 29.0. The molecule has 28 heavy (non-hydrogen) atoms. The maximum absolute atomic E-state index is 13.5. The van der Waals surface area contributed by atoms with Gasteiger partial charge in [-0.25, -0.2) is 0 Å². The summed E-state index contributed by atoms with van der Waals surface area (Å²) in [6.45, 7) is 1.93. The molecule has 0 aromatic heterocycles. The van der Waals surface area contributed by atoms with Crippen LogP contribution in [0.1, 0.15) is 17.5 Å². The maximum atomic E-state index is 13.5. The van der Waals surface area contributed by atoms with Gasteiger partial charge in [0.2, 0.25) is 11.8 Å². The molecule has 3 aliphatic rings. The van der Waals surface area contributed by atoms with Crippen LogP contribution < -0.4 is 10.6 Å². The summed E-state index contributed by atoms with van der Waals surface area (Å²) in [7, 11) is 0. The summed E-state index contributed by atoms with van der Waals surface area (Å²) in [5, 5.41) is 6.64. The lowest BCUT2D eigenvalue weighted by Gasteiger charge is -2.36. The van der Waals surface area contributed by atoms with Crippen molar-refractivity contribution in [1.29, 1.82) is 0 Å². The summed E-state index contributed by atoms with van der Waals surface area (Å²) in [6, 6.07) is 13.4. The van der Waals surface area contributed by atoms with E-state index in [1.807, 2.05) is 49.0 Å². The summed E-state index contributed by atoms with van der Waals surface area (Å²) in [6.07, 6.45) is 0.667. The number of anilines is 2. The molecule has 2 aromatic rings. The van der Waals surface area contributed by atoms with Crippen LogP contribution in [0.2, 0.25) is 5.02 Å². The van der Waals surface area contributed by atoms with Crippen molar-refractivity contribution >= 4 is 46.6 Å². The van der Waals surface area contributed by atoms with E-state index in [9.17, 15) is 9.59 Å². The van der Waals surface area contributed by atoms with Crippen LogP contribution in [0.15, 0.2) is 42.5 Å². The zero-order valence-electron chi connectivity index (χ0n) is 15.4. The molecule has 2 amide bonds. The van der Waals surface area contributed by atoms with Crippen LogP contribution in [0.4, 0.5) is 11.4 Å². The molecule has 2 aromatic carbocycles. The topological polar surface area (TPSA) is 61.4 Å². The van der Waals surface area contributed by atoms with E-state index in [-0.39, 0.29) is 17.9 Å². The van der Waals surface area contributed by atoms with Gasteiger partial charge in [0.25, 0.3) is 0 Å². The fourth-order valence-electron chi connectivity index (χ4n) is 4.85. The van der Waals surface area contributed by atoms with E-state index < -0.39 is 11.5 Å². The highest BCUT2D eigenvalue weighted by molar-refractivity contribution is 7.99. The first-order valence-corrected chi connectivity index (χ1v) is 10.9. The molecule has 3 atom stereocenters. The number of nitrogens with zero attached hydrogens (tertiary/aromatic N) is 1. The monoisotopic (exact) mass is 413 g/mol. The van der Waals surface area contributed by atoms with Crippen LogP contribution >= 0.6 is 23.4 Å². The van der Waals surface area contributed by atoms with Crippen LogP contribution in [0.25, 0.3) is 0 Å². The van der Waals surface area contributed by atoms with Crippen LogP contribution in [-0.4, -0.2) is 34.4 Å². The highest BCUT2D eigenvalue weighted by Crippen LogP contribution is 2.55. The minimum atomic E-state index is -0.943. The zero-order chi connectivity index (χ0) is 19.5. The Bertz CT molecular complexity index is 997. The van der Waals surface area contributed by atoms with Crippen LogP contribution in [0.3, 0.4) is 0 Å². The highest BCUT2D eigenvalue weighted by Gasteiger charge is 2.65. The summed E-state index contributed by atoms with van der Waals surface area (Å²) >= 11 is 7.94. The van der Waals surface area contributed by atoms with Crippen molar-refractivity contribution in [2.75, 3.05) is 22.3 Å². The van der Waals surface area contributed by atoms with Crippen LogP contribution in [0, 0.1) is 12.8 Å². The quantitative estimate of drug-likeness (QED) is 0.785. The van der Waals surface area contributed by atoms with Gasteiger partial charge in [-0.15, -0.1) is 11.8 Å². The Kier molecular flexibility index (Phi) is 4.19. The average Bonchev–Trinajstić information content (AvgIpc) is 3.33. The van der Waals surface area contributed by atoms with Gasteiger partial charge in [-0.05, 0) is 37.1 Å². The third-order valence-corrected chi connectivity index (χ3v) is 7.47. The predicted octanol–water partition coefficient (Wildman–Crippen LogP) is 3.83.